The molecule has 0 aliphatic heterocycles. The Kier molecular flexibility index (Phi) is 7.06. The third-order valence-corrected chi connectivity index (χ3v) is 6.34. The van der Waals surface area contributed by atoms with Crippen LogP contribution in [-0.4, -0.2) is 33.8 Å². The monoisotopic (exact) mass is 412 g/mol. The predicted molar refractivity (Wildman–Crippen MR) is 117 cm³/mol. The van der Waals surface area contributed by atoms with Crippen molar-refractivity contribution >= 4 is 34.1 Å². The number of nitrogens with one attached hydrogen (secondary N) is 1. The molecule has 0 aliphatic rings. The Morgan fingerprint density at radius 3 is 2.68 bits per heavy atom. The molecule has 146 valence electrons. The zero-order chi connectivity index (χ0) is 19.9. The van der Waals surface area contributed by atoms with E-state index in [1.807, 2.05) is 25.2 Å². The van der Waals surface area contributed by atoms with Crippen molar-refractivity contribution in [2.24, 2.45) is 0 Å². The minimum absolute atomic E-state index is 0.0824. The first-order valence-corrected chi connectivity index (χ1v) is 10.9. The van der Waals surface area contributed by atoms with Gasteiger partial charge in [0.05, 0.1) is 5.75 Å². The van der Waals surface area contributed by atoms with E-state index < -0.39 is 0 Å². The normalized spacial score (nSPS) is 10.7. The van der Waals surface area contributed by atoms with Crippen LogP contribution in [-0.2, 0) is 17.9 Å². The second-order valence-electron chi connectivity index (χ2n) is 6.68. The van der Waals surface area contributed by atoms with E-state index in [-0.39, 0.29) is 5.91 Å². The molecule has 2 aromatic carbocycles. The lowest BCUT2D eigenvalue weighted by Gasteiger charge is -2.18. The van der Waals surface area contributed by atoms with Crippen LogP contribution in [0.2, 0.25) is 0 Å². The highest BCUT2D eigenvalue weighted by Gasteiger charge is 2.13. The van der Waals surface area contributed by atoms with Crippen LogP contribution in [0.3, 0.4) is 0 Å². The summed E-state index contributed by atoms with van der Waals surface area (Å²) >= 11 is 2.90. The number of thioether (sulfide) groups is 1. The third-order valence-electron chi connectivity index (χ3n) is 4.34. The number of rotatable bonds is 8. The summed E-state index contributed by atoms with van der Waals surface area (Å²) in [5.41, 5.74) is 4.81. The average molecular weight is 413 g/mol. The molecule has 0 fully saturated rings. The van der Waals surface area contributed by atoms with Crippen LogP contribution in [0.25, 0.3) is 0 Å². The van der Waals surface area contributed by atoms with E-state index in [0.717, 1.165) is 9.47 Å². The van der Waals surface area contributed by atoms with Crippen molar-refractivity contribution in [1.82, 2.24) is 15.1 Å². The molecule has 0 unspecified atom stereocenters. The van der Waals surface area contributed by atoms with Crippen molar-refractivity contribution in [3.05, 3.63) is 70.8 Å². The van der Waals surface area contributed by atoms with Crippen LogP contribution in [0.15, 0.2) is 52.9 Å². The number of hydrogen-bond donors (Lipinski definition) is 1. The van der Waals surface area contributed by atoms with Gasteiger partial charge in [0, 0.05) is 20.1 Å². The van der Waals surface area contributed by atoms with E-state index in [0.29, 0.717) is 18.8 Å². The maximum absolute atomic E-state index is 12.5. The molecule has 0 saturated heterocycles. The highest BCUT2D eigenvalue weighted by molar-refractivity contribution is 8.01. The lowest BCUT2D eigenvalue weighted by atomic mass is 10.1. The summed E-state index contributed by atoms with van der Waals surface area (Å²) in [6, 6.07) is 16.5. The standard InChI is InChI=1S/C21H24N4OS2/c1-15-9-10-18(16(2)11-15)13-25(3)19(26)14-27-21-24-23-20(28-21)22-12-17-7-5-4-6-8-17/h4-11H,12-14H2,1-3H3,(H,22,23). The Labute approximate surface area is 174 Å². The largest absolute Gasteiger partial charge is 0.356 e. The molecule has 0 saturated carbocycles. The van der Waals surface area contributed by atoms with E-state index in [2.05, 4.69) is 59.7 Å². The molecule has 0 bridgehead atoms. The molecule has 1 heterocycles. The molecule has 3 rings (SSSR count). The molecule has 0 spiro atoms. The molecule has 1 amide bonds. The number of aryl methyl sites for hydroxylation is 2. The van der Waals surface area contributed by atoms with Crippen LogP contribution in [0, 0.1) is 13.8 Å². The second-order valence-corrected chi connectivity index (χ2v) is 8.88. The van der Waals surface area contributed by atoms with Crippen LogP contribution in [0.5, 0.6) is 0 Å². The first-order chi connectivity index (χ1) is 13.5. The Morgan fingerprint density at radius 2 is 1.93 bits per heavy atom. The first kappa shape index (κ1) is 20.4. The summed E-state index contributed by atoms with van der Waals surface area (Å²) in [7, 11) is 1.84. The summed E-state index contributed by atoms with van der Waals surface area (Å²) in [6.07, 6.45) is 0. The van der Waals surface area contributed by atoms with Crippen LogP contribution in [0.1, 0.15) is 22.3 Å². The number of carbonyl (C=O) groups excluding carboxylic acids is 1. The molecule has 0 radical (unpaired) electrons. The number of aromatic nitrogens is 2. The molecule has 5 nitrogen and oxygen atoms in total. The number of benzene rings is 2. The molecule has 0 atom stereocenters. The Morgan fingerprint density at radius 1 is 1.14 bits per heavy atom. The van der Waals surface area contributed by atoms with Gasteiger partial charge < -0.3 is 10.2 Å². The minimum Gasteiger partial charge on any atom is -0.356 e. The van der Waals surface area contributed by atoms with Crippen molar-refractivity contribution in [1.29, 1.82) is 0 Å². The van der Waals surface area contributed by atoms with Gasteiger partial charge in [-0.2, -0.15) is 0 Å². The molecule has 1 N–H and O–H groups in total. The SMILES string of the molecule is Cc1ccc(CN(C)C(=O)CSc2nnc(NCc3ccccc3)s2)c(C)c1. The minimum atomic E-state index is 0.0824. The van der Waals surface area contributed by atoms with Crippen molar-refractivity contribution in [2.45, 2.75) is 31.3 Å². The van der Waals surface area contributed by atoms with Gasteiger partial charge in [0.1, 0.15) is 0 Å². The van der Waals surface area contributed by atoms with Gasteiger partial charge in [0.15, 0.2) is 4.34 Å². The van der Waals surface area contributed by atoms with Crippen LogP contribution < -0.4 is 5.32 Å². The first-order valence-electron chi connectivity index (χ1n) is 9.05. The number of amides is 1. The topological polar surface area (TPSA) is 58.1 Å². The highest BCUT2D eigenvalue weighted by atomic mass is 32.2. The smallest absolute Gasteiger partial charge is 0.233 e. The zero-order valence-electron chi connectivity index (χ0n) is 16.3. The van der Waals surface area contributed by atoms with E-state index in [9.17, 15) is 4.79 Å². The Balaban J connectivity index is 1.47. The summed E-state index contributed by atoms with van der Waals surface area (Å²) < 4.78 is 0.795. The predicted octanol–water partition coefficient (Wildman–Crippen LogP) is 4.52. The lowest BCUT2D eigenvalue weighted by Crippen LogP contribution is -2.28. The van der Waals surface area contributed by atoms with Gasteiger partial charge in [-0.15, -0.1) is 10.2 Å². The lowest BCUT2D eigenvalue weighted by molar-refractivity contribution is -0.127. The van der Waals surface area contributed by atoms with Crippen molar-refractivity contribution < 1.29 is 4.79 Å². The van der Waals surface area contributed by atoms with E-state index in [1.165, 1.54) is 45.4 Å². The van der Waals surface area contributed by atoms with E-state index in [4.69, 9.17) is 0 Å². The molecule has 7 heteroatoms. The van der Waals surface area contributed by atoms with Crippen LogP contribution >= 0.6 is 23.1 Å². The molecular formula is C21H24N4OS2. The Bertz CT molecular complexity index is 927. The molecule has 28 heavy (non-hydrogen) atoms. The third kappa shape index (κ3) is 5.81. The molecule has 1 aromatic heterocycles. The summed E-state index contributed by atoms with van der Waals surface area (Å²) in [5, 5.41) is 12.4. The van der Waals surface area contributed by atoms with Crippen molar-refractivity contribution in [2.75, 3.05) is 18.1 Å². The maximum Gasteiger partial charge on any atom is 0.233 e. The van der Waals surface area contributed by atoms with Gasteiger partial charge in [-0.1, -0.05) is 77.2 Å². The van der Waals surface area contributed by atoms with Crippen LogP contribution in [0.4, 0.5) is 5.13 Å². The average Bonchev–Trinajstić information content (AvgIpc) is 3.15. The molecular weight excluding hydrogens is 388 g/mol. The van der Waals surface area contributed by atoms with E-state index in [1.54, 1.807) is 4.90 Å². The van der Waals surface area contributed by atoms with Gasteiger partial charge >= 0.3 is 0 Å². The summed E-state index contributed by atoms with van der Waals surface area (Å²) in [5.74, 6) is 0.438. The van der Waals surface area contributed by atoms with Gasteiger partial charge in [0.2, 0.25) is 11.0 Å². The maximum atomic E-state index is 12.5. The number of hydrogen-bond acceptors (Lipinski definition) is 6. The quantitative estimate of drug-likeness (QED) is 0.551. The fourth-order valence-corrected chi connectivity index (χ4v) is 4.40. The van der Waals surface area contributed by atoms with E-state index >= 15 is 0 Å². The summed E-state index contributed by atoms with van der Waals surface area (Å²) in [4.78, 5) is 14.2. The molecule has 3 aromatic rings. The van der Waals surface area contributed by atoms with Gasteiger partial charge in [0.25, 0.3) is 0 Å². The van der Waals surface area contributed by atoms with Gasteiger partial charge in [-0.05, 0) is 30.5 Å². The fraction of sp³-hybridized carbons (Fsp3) is 0.286. The number of anilines is 1. The highest BCUT2D eigenvalue weighted by Crippen LogP contribution is 2.26. The fourth-order valence-electron chi connectivity index (χ4n) is 2.71. The zero-order valence-corrected chi connectivity index (χ0v) is 17.9. The van der Waals surface area contributed by atoms with Crippen molar-refractivity contribution in [3.63, 3.8) is 0 Å². The second kappa shape index (κ2) is 9.71. The molecule has 0 aliphatic carbocycles. The number of carbonyl (C=O) groups is 1. The van der Waals surface area contributed by atoms with Gasteiger partial charge in [-0.25, -0.2) is 0 Å². The van der Waals surface area contributed by atoms with Gasteiger partial charge in [-0.3, -0.25) is 4.79 Å². The summed E-state index contributed by atoms with van der Waals surface area (Å²) in [6.45, 7) is 5.48. The van der Waals surface area contributed by atoms with Crippen molar-refractivity contribution in [3.8, 4) is 0 Å². The Hall–Kier alpha value is -2.38. The number of nitrogens with zero attached hydrogens (tertiary/aromatic N) is 3.